The zero-order valence-corrected chi connectivity index (χ0v) is 17.6. The summed E-state index contributed by atoms with van der Waals surface area (Å²) in [6.45, 7) is 3.99. The third-order valence-corrected chi connectivity index (χ3v) is 6.85. The normalized spacial score (nSPS) is 15.2. The van der Waals surface area contributed by atoms with Gasteiger partial charge in [-0.1, -0.05) is 54.1 Å². The van der Waals surface area contributed by atoms with E-state index in [0.717, 1.165) is 16.7 Å². The third kappa shape index (κ3) is 6.39. The van der Waals surface area contributed by atoms with Crippen LogP contribution in [0.2, 0.25) is 0 Å². The number of hydrogen-bond acceptors (Lipinski definition) is 4. The van der Waals surface area contributed by atoms with Gasteiger partial charge in [0.15, 0.2) is 0 Å². The number of carbonyl (C=O) groups excluding carboxylic acids is 1. The largest absolute Gasteiger partial charge is 0.379 e. The molecule has 0 bridgehead atoms. The molecule has 2 aromatic carbocycles. The number of benzene rings is 2. The molecule has 2 aromatic rings. The summed E-state index contributed by atoms with van der Waals surface area (Å²) in [6.07, 6.45) is 1.08. The van der Waals surface area contributed by atoms with Crippen LogP contribution < -0.4 is 5.32 Å². The van der Waals surface area contributed by atoms with E-state index in [0.29, 0.717) is 45.7 Å². The molecule has 1 N–H and O–H groups in total. The molecule has 1 heterocycles. The van der Waals surface area contributed by atoms with Crippen LogP contribution in [-0.4, -0.2) is 44.9 Å². The molecule has 1 aliphatic heterocycles. The number of nitrogens with zero attached hydrogens (tertiary/aromatic N) is 1. The minimum absolute atomic E-state index is 0.0441. The van der Waals surface area contributed by atoms with Gasteiger partial charge in [0.25, 0.3) is 0 Å². The smallest absolute Gasteiger partial charge is 0.220 e. The van der Waals surface area contributed by atoms with Crippen molar-refractivity contribution >= 4 is 15.9 Å². The van der Waals surface area contributed by atoms with Crippen molar-refractivity contribution in [2.45, 2.75) is 32.1 Å². The summed E-state index contributed by atoms with van der Waals surface area (Å²) in [4.78, 5) is 12.3. The van der Waals surface area contributed by atoms with Gasteiger partial charge in [-0.2, -0.15) is 4.31 Å². The van der Waals surface area contributed by atoms with E-state index < -0.39 is 10.0 Å². The quantitative estimate of drug-likeness (QED) is 0.717. The molecule has 6 nitrogen and oxygen atoms in total. The molecule has 0 saturated carbocycles. The number of amides is 1. The minimum Gasteiger partial charge on any atom is -0.379 e. The topological polar surface area (TPSA) is 75.7 Å². The van der Waals surface area contributed by atoms with Crippen molar-refractivity contribution in [1.82, 2.24) is 9.62 Å². The number of hydrogen-bond donors (Lipinski definition) is 1. The van der Waals surface area contributed by atoms with E-state index >= 15 is 0 Å². The number of ether oxygens (including phenoxy) is 1. The highest BCUT2D eigenvalue weighted by molar-refractivity contribution is 7.88. The number of sulfonamides is 1. The van der Waals surface area contributed by atoms with Crippen molar-refractivity contribution in [2.24, 2.45) is 0 Å². The highest BCUT2D eigenvalue weighted by Crippen LogP contribution is 2.17. The maximum Gasteiger partial charge on any atom is 0.220 e. The number of carbonyl (C=O) groups is 1. The van der Waals surface area contributed by atoms with Gasteiger partial charge in [0.1, 0.15) is 0 Å². The van der Waals surface area contributed by atoms with Crippen LogP contribution in [-0.2, 0) is 38.3 Å². The molecule has 29 heavy (non-hydrogen) atoms. The maximum atomic E-state index is 12.7. The Bertz CT molecular complexity index is 937. The first-order chi connectivity index (χ1) is 13.9. The summed E-state index contributed by atoms with van der Waals surface area (Å²) in [5.41, 5.74) is 3.86. The molecule has 7 heteroatoms. The van der Waals surface area contributed by atoms with E-state index in [-0.39, 0.29) is 11.7 Å². The van der Waals surface area contributed by atoms with Crippen LogP contribution >= 0.6 is 0 Å². The van der Waals surface area contributed by atoms with E-state index in [1.54, 1.807) is 0 Å². The van der Waals surface area contributed by atoms with Crippen molar-refractivity contribution in [1.29, 1.82) is 0 Å². The number of rotatable bonds is 8. The van der Waals surface area contributed by atoms with Crippen LogP contribution in [0, 0.1) is 6.92 Å². The highest BCUT2D eigenvalue weighted by Gasteiger charge is 2.25. The van der Waals surface area contributed by atoms with Crippen molar-refractivity contribution < 1.29 is 17.9 Å². The summed E-state index contributed by atoms with van der Waals surface area (Å²) < 4.78 is 32.2. The minimum atomic E-state index is -3.41. The molecule has 0 unspecified atom stereocenters. The molecule has 1 fully saturated rings. The Morgan fingerprint density at radius 2 is 1.79 bits per heavy atom. The van der Waals surface area contributed by atoms with E-state index in [1.807, 2.05) is 49.4 Å². The molecule has 156 valence electrons. The predicted octanol–water partition coefficient (Wildman–Crippen LogP) is 2.41. The molecule has 1 aliphatic rings. The Balaban J connectivity index is 1.56. The van der Waals surface area contributed by atoms with Gasteiger partial charge in [-0.05, 0) is 30.0 Å². The van der Waals surface area contributed by atoms with Gasteiger partial charge in [0.2, 0.25) is 15.9 Å². The van der Waals surface area contributed by atoms with Gasteiger partial charge in [0, 0.05) is 26.1 Å². The standard InChI is InChI=1S/C22H28N2O4S/c1-18-5-4-6-19(15-18)9-10-22(25)23-16-20-7-2-3-8-21(20)17-29(26,27)24-11-13-28-14-12-24/h2-8,15H,9-14,16-17H2,1H3,(H,23,25). The SMILES string of the molecule is Cc1cccc(CCC(=O)NCc2ccccc2CS(=O)(=O)N2CCOCC2)c1. The fourth-order valence-corrected chi connectivity index (χ4v) is 4.95. The molecule has 0 radical (unpaired) electrons. The van der Waals surface area contributed by atoms with E-state index in [1.165, 1.54) is 9.87 Å². The zero-order chi connectivity index (χ0) is 20.7. The molecule has 0 aromatic heterocycles. The van der Waals surface area contributed by atoms with Gasteiger partial charge in [-0.15, -0.1) is 0 Å². The van der Waals surface area contributed by atoms with Gasteiger partial charge >= 0.3 is 0 Å². The number of aryl methyl sites for hydroxylation is 2. The van der Waals surface area contributed by atoms with Crippen LogP contribution in [0.1, 0.15) is 28.7 Å². The fourth-order valence-electron chi connectivity index (χ4n) is 3.39. The van der Waals surface area contributed by atoms with Gasteiger partial charge in [-0.3, -0.25) is 4.79 Å². The van der Waals surface area contributed by atoms with Gasteiger partial charge in [-0.25, -0.2) is 8.42 Å². The first kappa shape index (κ1) is 21.5. The average molecular weight is 417 g/mol. The van der Waals surface area contributed by atoms with E-state index in [4.69, 9.17) is 4.74 Å². The maximum absolute atomic E-state index is 12.7. The molecule has 3 rings (SSSR count). The van der Waals surface area contributed by atoms with Crippen LogP contribution in [0.5, 0.6) is 0 Å². The lowest BCUT2D eigenvalue weighted by Gasteiger charge is -2.26. The lowest BCUT2D eigenvalue weighted by atomic mass is 10.1. The Morgan fingerprint density at radius 1 is 1.07 bits per heavy atom. The second-order valence-corrected chi connectivity index (χ2v) is 9.27. The van der Waals surface area contributed by atoms with Crippen molar-refractivity contribution in [3.05, 3.63) is 70.8 Å². The first-order valence-corrected chi connectivity index (χ1v) is 11.5. The Hall–Kier alpha value is -2.22. The Morgan fingerprint density at radius 3 is 2.52 bits per heavy atom. The van der Waals surface area contributed by atoms with Crippen LogP contribution in [0.4, 0.5) is 0 Å². The molecule has 0 spiro atoms. The summed E-state index contributed by atoms with van der Waals surface area (Å²) >= 11 is 0. The van der Waals surface area contributed by atoms with Crippen LogP contribution in [0.15, 0.2) is 48.5 Å². The second-order valence-electron chi connectivity index (χ2n) is 7.30. The fraction of sp³-hybridized carbons (Fsp3) is 0.409. The summed E-state index contributed by atoms with van der Waals surface area (Å²) in [6, 6.07) is 15.5. The van der Waals surface area contributed by atoms with E-state index in [2.05, 4.69) is 11.4 Å². The molecular formula is C22H28N2O4S. The summed E-state index contributed by atoms with van der Waals surface area (Å²) in [5, 5.41) is 2.92. The van der Waals surface area contributed by atoms with Crippen LogP contribution in [0.25, 0.3) is 0 Å². The lowest BCUT2D eigenvalue weighted by molar-refractivity contribution is -0.121. The van der Waals surface area contributed by atoms with E-state index in [9.17, 15) is 13.2 Å². The first-order valence-electron chi connectivity index (χ1n) is 9.88. The summed E-state index contributed by atoms with van der Waals surface area (Å²) in [7, 11) is -3.41. The Labute approximate surface area is 172 Å². The number of nitrogens with one attached hydrogen (secondary N) is 1. The molecule has 0 atom stereocenters. The predicted molar refractivity (Wildman–Crippen MR) is 113 cm³/mol. The van der Waals surface area contributed by atoms with Crippen molar-refractivity contribution in [2.75, 3.05) is 26.3 Å². The molecule has 1 amide bonds. The van der Waals surface area contributed by atoms with Crippen molar-refractivity contribution in [3.8, 4) is 0 Å². The lowest BCUT2D eigenvalue weighted by Crippen LogP contribution is -2.41. The highest BCUT2D eigenvalue weighted by atomic mass is 32.2. The average Bonchev–Trinajstić information content (AvgIpc) is 2.72. The van der Waals surface area contributed by atoms with Gasteiger partial charge < -0.3 is 10.1 Å². The van der Waals surface area contributed by atoms with Crippen molar-refractivity contribution in [3.63, 3.8) is 0 Å². The van der Waals surface area contributed by atoms with Gasteiger partial charge in [0.05, 0.1) is 19.0 Å². The monoisotopic (exact) mass is 416 g/mol. The summed E-state index contributed by atoms with van der Waals surface area (Å²) in [5.74, 6) is -0.111. The second kappa shape index (κ2) is 10.0. The molecular weight excluding hydrogens is 388 g/mol. The molecule has 1 saturated heterocycles. The van der Waals surface area contributed by atoms with Crippen LogP contribution in [0.3, 0.4) is 0 Å². The Kier molecular flexibility index (Phi) is 7.41. The molecule has 0 aliphatic carbocycles. The number of morpholine rings is 1. The third-order valence-electron chi connectivity index (χ3n) is 5.02. The zero-order valence-electron chi connectivity index (χ0n) is 16.8.